The van der Waals surface area contributed by atoms with Crippen LogP contribution in [0.5, 0.6) is 0 Å². The molecule has 2 aliphatic carbocycles. The average molecular weight is 459 g/mol. The molecule has 0 amide bonds. The van der Waals surface area contributed by atoms with Gasteiger partial charge in [0.1, 0.15) is 5.82 Å². The zero-order valence-corrected chi connectivity index (χ0v) is 19.8. The van der Waals surface area contributed by atoms with Crippen molar-refractivity contribution in [2.24, 2.45) is 0 Å². The van der Waals surface area contributed by atoms with Crippen LogP contribution in [0.25, 0.3) is 11.1 Å². The number of pyridine rings is 1. The fourth-order valence-electron chi connectivity index (χ4n) is 4.44. The number of ether oxygens (including phenoxy) is 1. The van der Waals surface area contributed by atoms with E-state index in [1.807, 2.05) is 18.2 Å². The summed E-state index contributed by atoms with van der Waals surface area (Å²) in [5.41, 5.74) is 2.45. The molecule has 0 radical (unpaired) electrons. The van der Waals surface area contributed by atoms with E-state index in [0.717, 1.165) is 67.8 Å². The lowest BCUT2D eigenvalue weighted by molar-refractivity contribution is 0.161. The van der Waals surface area contributed by atoms with E-state index in [2.05, 4.69) is 40.0 Å². The average Bonchev–Trinajstić information content (AvgIpc) is 3.53. The summed E-state index contributed by atoms with van der Waals surface area (Å²) in [6, 6.07) is 11.6. The Morgan fingerprint density at radius 2 is 1.94 bits per heavy atom. The van der Waals surface area contributed by atoms with Crippen molar-refractivity contribution in [3.8, 4) is 11.1 Å². The largest absolute Gasteiger partial charge is 0.388 e. The minimum atomic E-state index is -0.530. The molecule has 2 saturated carbocycles. The van der Waals surface area contributed by atoms with Gasteiger partial charge in [0.15, 0.2) is 0 Å². The molecule has 4 rings (SSSR count). The van der Waals surface area contributed by atoms with Gasteiger partial charge in [0.25, 0.3) is 0 Å². The van der Waals surface area contributed by atoms with Gasteiger partial charge in [0.05, 0.1) is 17.2 Å². The number of hydrogen-bond donors (Lipinski definition) is 4. The first-order chi connectivity index (χ1) is 15.4. The second kappa shape index (κ2) is 10.4. The number of aliphatic hydroxyl groups is 1. The first-order valence-electron chi connectivity index (χ1n) is 11.7. The van der Waals surface area contributed by atoms with Crippen molar-refractivity contribution >= 4 is 23.1 Å². The Hall–Kier alpha value is -1.86. The summed E-state index contributed by atoms with van der Waals surface area (Å²) in [6.07, 6.45) is 7.98. The lowest BCUT2D eigenvalue weighted by Crippen LogP contribution is -2.42. The van der Waals surface area contributed by atoms with Gasteiger partial charge in [-0.05, 0) is 69.2 Å². The first kappa shape index (κ1) is 23.3. The minimum absolute atomic E-state index is 0.382. The number of anilines is 2. The molecule has 0 spiro atoms. The van der Waals surface area contributed by atoms with E-state index in [1.165, 1.54) is 0 Å². The Labute approximate surface area is 196 Å². The number of rotatable bonds is 10. The molecule has 0 saturated heterocycles. The molecule has 0 bridgehead atoms. The van der Waals surface area contributed by atoms with Crippen molar-refractivity contribution in [1.29, 1.82) is 0 Å². The van der Waals surface area contributed by atoms with Crippen LogP contribution in [0.4, 0.5) is 11.5 Å². The van der Waals surface area contributed by atoms with Crippen molar-refractivity contribution in [3.63, 3.8) is 0 Å². The highest BCUT2D eigenvalue weighted by molar-refractivity contribution is 6.33. The molecule has 0 unspecified atom stereocenters. The van der Waals surface area contributed by atoms with Crippen molar-refractivity contribution in [2.75, 3.05) is 30.9 Å². The molecule has 2 aliphatic rings. The summed E-state index contributed by atoms with van der Waals surface area (Å²) in [5, 5.41) is 21.3. The summed E-state index contributed by atoms with van der Waals surface area (Å²) in [4.78, 5) is 4.53. The number of aromatic nitrogens is 1. The van der Waals surface area contributed by atoms with Gasteiger partial charge in [0.2, 0.25) is 0 Å². The third kappa shape index (κ3) is 6.35. The van der Waals surface area contributed by atoms with Crippen LogP contribution in [0.3, 0.4) is 0 Å². The number of nitrogens with zero attached hydrogens (tertiary/aromatic N) is 1. The van der Waals surface area contributed by atoms with Crippen LogP contribution in [0, 0.1) is 0 Å². The molecule has 1 aromatic carbocycles. The maximum Gasteiger partial charge on any atom is 0.126 e. The fraction of sp³-hybridized carbons (Fsp3) is 0.560. The molecule has 6 nitrogen and oxygen atoms in total. The van der Waals surface area contributed by atoms with Crippen LogP contribution in [0.15, 0.2) is 36.5 Å². The van der Waals surface area contributed by atoms with Gasteiger partial charge in [-0.2, -0.15) is 0 Å². The van der Waals surface area contributed by atoms with Crippen LogP contribution in [-0.2, 0) is 4.74 Å². The van der Waals surface area contributed by atoms with Gasteiger partial charge < -0.3 is 25.8 Å². The molecule has 7 heteroatoms. The SMILES string of the molecule is COC[C@H](C)N[C@H]1CC[C@H](Nc2cc(-c3cccc(NCC4(O)CC4)c3)c(Cl)cn2)CC1. The summed E-state index contributed by atoms with van der Waals surface area (Å²) in [5.74, 6) is 0.860. The van der Waals surface area contributed by atoms with Crippen LogP contribution >= 0.6 is 11.6 Å². The molecule has 1 aromatic heterocycles. The number of halogens is 1. The Bertz CT molecular complexity index is 897. The molecule has 2 fully saturated rings. The van der Waals surface area contributed by atoms with E-state index >= 15 is 0 Å². The predicted molar refractivity (Wildman–Crippen MR) is 131 cm³/mol. The van der Waals surface area contributed by atoms with E-state index < -0.39 is 5.60 Å². The van der Waals surface area contributed by atoms with Crippen LogP contribution in [0.2, 0.25) is 5.02 Å². The molecule has 4 N–H and O–H groups in total. The van der Waals surface area contributed by atoms with Crippen molar-refractivity contribution in [2.45, 2.75) is 69.2 Å². The van der Waals surface area contributed by atoms with Crippen LogP contribution in [0.1, 0.15) is 45.4 Å². The monoisotopic (exact) mass is 458 g/mol. The van der Waals surface area contributed by atoms with Gasteiger partial charge >= 0.3 is 0 Å². The van der Waals surface area contributed by atoms with Crippen molar-refractivity contribution in [1.82, 2.24) is 10.3 Å². The Kier molecular flexibility index (Phi) is 7.56. The second-order valence-corrected chi connectivity index (χ2v) is 9.83. The first-order valence-corrected chi connectivity index (χ1v) is 12.1. The maximum atomic E-state index is 10.1. The lowest BCUT2D eigenvalue weighted by Gasteiger charge is -2.32. The van der Waals surface area contributed by atoms with E-state index in [-0.39, 0.29) is 0 Å². The summed E-state index contributed by atoms with van der Waals surface area (Å²) in [6.45, 7) is 3.49. The highest BCUT2D eigenvalue weighted by Gasteiger charge is 2.39. The van der Waals surface area contributed by atoms with Crippen LogP contribution in [-0.4, -0.2) is 54.1 Å². The standard InChI is InChI=1S/C25H35ClN4O2/c1-17(15-32-2)29-19-6-8-20(9-7-19)30-24-13-22(23(26)14-27-24)18-4-3-5-21(12-18)28-16-25(31)10-11-25/h3-5,12-14,17,19-20,28-29,31H,6-11,15-16H2,1-2H3,(H,27,30)/t17-,19-,20-/m0/s1. The molecule has 0 aliphatic heterocycles. The lowest BCUT2D eigenvalue weighted by atomic mass is 9.90. The van der Waals surface area contributed by atoms with Gasteiger partial charge in [0, 0.05) is 49.2 Å². The number of nitrogens with one attached hydrogen (secondary N) is 3. The van der Waals surface area contributed by atoms with Gasteiger partial charge in [-0.15, -0.1) is 0 Å². The van der Waals surface area contributed by atoms with E-state index in [9.17, 15) is 5.11 Å². The minimum Gasteiger partial charge on any atom is -0.388 e. The predicted octanol–water partition coefficient (Wildman–Crippen LogP) is 4.69. The normalized spacial score (nSPS) is 22.9. The highest BCUT2D eigenvalue weighted by Crippen LogP contribution is 2.36. The van der Waals surface area contributed by atoms with Crippen molar-refractivity contribution < 1.29 is 9.84 Å². The highest BCUT2D eigenvalue weighted by atomic mass is 35.5. The third-order valence-corrected chi connectivity index (χ3v) is 6.79. The Balaban J connectivity index is 1.36. The topological polar surface area (TPSA) is 78.4 Å². The van der Waals surface area contributed by atoms with Crippen LogP contribution < -0.4 is 16.0 Å². The molecular formula is C25H35ClN4O2. The molecule has 1 heterocycles. The van der Waals surface area contributed by atoms with E-state index in [4.69, 9.17) is 16.3 Å². The quantitative estimate of drug-likeness (QED) is 0.414. The Morgan fingerprint density at radius 1 is 1.19 bits per heavy atom. The molecule has 32 heavy (non-hydrogen) atoms. The van der Waals surface area contributed by atoms with E-state index in [0.29, 0.717) is 29.7 Å². The third-order valence-electron chi connectivity index (χ3n) is 6.49. The molecule has 174 valence electrons. The Morgan fingerprint density at radius 3 is 2.66 bits per heavy atom. The smallest absolute Gasteiger partial charge is 0.126 e. The maximum absolute atomic E-state index is 10.1. The molecule has 1 atom stereocenters. The zero-order chi connectivity index (χ0) is 22.6. The molecule has 2 aromatic rings. The molecular weight excluding hydrogens is 424 g/mol. The van der Waals surface area contributed by atoms with Gasteiger partial charge in [-0.25, -0.2) is 4.98 Å². The fourth-order valence-corrected chi connectivity index (χ4v) is 4.65. The number of benzene rings is 1. The zero-order valence-electron chi connectivity index (χ0n) is 19.0. The summed E-state index contributed by atoms with van der Waals surface area (Å²) in [7, 11) is 1.75. The van der Waals surface area contributed by atoms with Crippen molar-refractivity contribution in [3.05, 3.63) is 41.6 Å². The second-order valence-electron chi connectivity index (χ2n) is 9.42. The van der Waals surface area contributed by atoms with Gasteiger partial charge in [-0.1, -0.05) is 23.7 Å². The number of methoxy groups -OCH3 is 1. The number of hydrogen-bond acceptors (Lipinski definition) is 6. The summed E-state index contributed by atoms with van der Waals surface area (Å²) < 4.78 is 5.23. The van der Waals surface area contributed by atoms with Gasteiger partial charge in [-0.3, -0.25) is 0 Å². The summed E-state index contributed by atoms with van der Waals surface area (Å²) >= 11 is 6.51. The van der Waals surface area contributed by atoms with E-state index in [1.54, 1.807) is 13.3 Å².